The van der Waals surface area contributed by atoms with E-state index in [1.165, 1.54) is 28.2 Å². The number of nitrogens with one attached hydrogen (secondary N) is 1. The Bertz CT molecular complexity index is 1480. The highest BCUT2D eigenvalue weighted by atomic mass is 32.1. The summed E-state index contributed by atoms with van der Waals surface area (Å²) in [4.78, 5) is 23.7. The molecule has 1 N–H and O–H groups in total. The van der Waals surface area contributed by atoms with E-state index in [-0.39, 0.29) is 16.9 Å². The molecule has 3 aromatic carbocycles. The number of hydrogen-bond acceptors (Lipinski definition) is 6. The van der Waals surface area contributed by atoms with Crippen LogP contribution >= 0.6 is 11.3 Å². The minimum absolute atomic E-state index is 0.0351. The summed E-state index contributed by atoms with van der Waals surface area (Å²) >= 11 is 1.48. The molecule has 0 aliphatic rings. The fourth-order valence-corrected chi connectivity index (χ4v) is 4.23. The van der Waals surface area contributed by atoms with Crippen molar-refractivity contribution in [1.29, 1.82) is 0 Å². The van der Waals surface area contributed by atoms with Crippen molar-refractivity contribution in [2.45, 2.75) is 0 Å². The molecule has 5 rings (SSSR count). The van der Waals surface area contributed by atoms with Gasteiger partial charge in [0.2, 0.25) is 0 Å². The predicted molar refractivity (Wildman–Crippen MR) is 124 cm³/mol. The lowest BCUT2D eigenvalue weighted by molar-refractivity contribution is -0.384. The molecular weight excluding hydrogens is 426 g/mol. The fraction of sp³-hybridized carbons (Fsp3) is 0. The Hall–Kier alpha value is -4.37. The second-order valence-corrected chi connectivity index (χ2v) is 8.00. The van der Waals surface area contributed by atoms with E-state index in [0.29, 0.717) is 21.9 Å². The number of benzene rings is 3. The second-order valence-electron chi connectivity index (χ2n) is 6.94. The van der Waals surface area contributed by atoms with Crippen molar-refractivity contribution < 1.29 is 4.92 Å². The van der Waals surface area contributed by atoms with E-state index < -0.39 is 4.92 Å². The molecule has 0 aliphatic heterocycles. The number of nitro groups is 1. The van der Waals surface area contributed by atoms with Gasteiger partial charge in [-0.1, -0.05) is 36.4 Å². The third kappa shape index (κ3) is 3.61. The first-order valence-corrected chi connectivity index (χ1v) is 10.5. The van der Waals surface area contributed by atoms with Gasteiger partial charge in [-0.25, -0.2) is 4.68 Å². The lowest BCUT2D eigenvalue weighted by Crippen LogP contribution is -2.13. The van der Waals surface area contributed by atoms with Gasteiger partial charge in [-0.2, -0.15) is 0 Å². The number of para-hydroxylation sites is 1. The van der Waals surface area contributed by atoms with E-state index in [1.54, 1.807) is 24.3 Å². The van der Waals surface area contributed by atoms with Crippen molar-refractivity contribution in [3.63, 3.8) is 0 Å². The SMILES string of the molecule is O=c1c(N=Nc2cc3ccccc3s2)c(-c2ccc([N+](=O)[O-])cc2)[nH]n1-c1ccccc1. The Labute approximate surface area is 185 Å². The molecule has 2 aromatic heterocycles. The first-order valence-electron chi connectivity index (χ1n) is 9.66. The summed E-state index contributed by atoms with van der Waals surface area (Å²) in [5.41, 5.74) is 1.39. The Balaban J connectivity index is 1.63. The second kappa shape index (κ2) is 8.05. The van der Waals surface area contributed by atoms with Gasteiger partial charge in [-0.3, -0.25) is 20.0 Å². The fourth-order valence-electron chi connectivity index (χ4n) is 3.35. The molecule has 0 fully saturated rings. The molecule has 8 nitrogen and oxygen atoms in total. The van der Waals surface area contributed by atoms with Gasteiger partial charge in [0.1, 0.15) is 5.00 Å². The third-order valence-electron chi connectivity index (χ3n) is 4.91. The number of hydrogen-bond donors (Lipinski definition) is 1. The summed E-state index contributed by atoms with van der Waals surface area (Å²) in [5.74, 6) is 0. The largest absolute Gasteiger partial charge is 0.299 e. The average Bonchev–Trinajstić information content (AvgIpc) is 3.38. The van der Waals surface area contributed by atoms with Gasteiger partial charge in [0, 0.05) is 22.4 Å². The Morgan fingerprint density at radius 3 is 2.34 bits per heavy atom. The van der Waals surface area contributed by atoms with Gasteiger partial charge >= 0.3 is 0 Å². The molecule has 0 bridgehead atoms. The Morgan fingerprint density at radius 2 is 1.62 bits per heavy atom. The molecule has 0 unspecified atom stereocenters. The molecule has 0 aliphatic carbocycles. The van der Waals surface area contributed by atoms with Crippen LogP contribution in [0.2, 0.25) is 0 Å². The number of azo groups is 1. The van der Waals surface area contributed by atoms with E-state index in [4.69, 9.17) is 0 Å². The summed E-state index contributed by atoms with van der Waals surface area (Å²) in [6, 6.07) is 24.9. The predicted octanol–water partition coefficient (Wildman–Crippen LogP) is 6.37. The highest BCUT2D eigenvalue weighted by molar-refractivity contribution is 7.22. The van der Waals surface area contributed by atoms with Gasteiger partial charge < -0.3 is 0 Å². The zero-order valence-corrected chi connectivity index (χ0v) is 17.3. The van der Waals surface area contributed by atoms with Crippen LogP contribution in [0.25, 0.3) is 27.0 Å². The molecule has 0 saturated heterocycles. The normalized spacial score (nSPS) is 11.4. The van der Waals surface area contributed by atoms with Crippen LogP contribution in [0.15, 0.2) is 100.0 Å². The van der Waals surface area contributed by atoms with Gasteiger partial charge in [0.05, 0.1) is 16.3 Å². The van der Waals surface area contributed by atoms with Crippen LogP contribution in [0.5, 0.6) is 0 Å². The summed E-state index contributed by atoms with van der Waals surface area (Å²) in [5, 5.41) is 24.4. The third-order valence-corrected chi connectivity index (χ3v) is 5.91. The maximum Gasteiger partial charge on any atom is 0.299 e. The monoisotopic (exact) mass is 441 g/mol. The lowest BCUT2D eigenvalue weighted by atomic mass is 10.1. The summed E-state index contributed by atoms with van der Waals surface area (Å²) in [7, 11) is 0. The molecule has 0 spiro atoms. The van der Waals surface area contributed by atoms with E-state index in [0.717, 1.165) is 10.1 Å². The van der Waals surface area contributed by atoms with E-state index in [9.17, 15) is 14.9 Å². The van der Waals surface area contributed by atoms with Crippen LogP contribution in [0.4, 0.5) is 16.4 Å². The van der Waals surface area contributed by atoms with Crippen LogP contribution in [0.1, 0.15) is 0 Å². The molecule has 9 heteroatoms. The van der Waals surface area contributed by atoms with Crippen molar-refractivity contribution in [3.8, 4) is 16.9 Å². The quantitative estimate of drug-likeness (QED) is 0.194. The number of nitro benzene ring substituents is 1. The number of aromatic amines is 1. The van der Waals surface area contributed by atoms with Gasteiger partial charge in [-0.05, 0) is 41.8 Å². The number of aromatic nitrogens is 2. The maximum atomic E-state index is 13.2. The maximum absolute atomic E-state index is 13.2. The van der Waals surface area contributed by atoms with E-state index in [1.807, 2.05) is 48.5 Å². The summed E-state index contributed by atoms with van der Waals surface area (Å²) in [6.45, 7) is 0. The highest BCUT2D eigenvalue weighted by Crippen LogP contribution is 2.34. The standard InChI is InChI=1S/C23H15N5O3S/c29-23-22(25-24-20-14-16-6-4-5-9-19(16)32-20)21(15-10-12-18(13-11-15)28(30)31)26-27(23)17-7-2-1-3-8-17/h1-14,26H. The molecule has 2 heterocycles. The topological polar surface area (TPSA) is 106 Å². The van der Waals surface area contributed by atoms with Gasteiger partial charge in [0.25, 0.3) is 11.2 Å². The van der Waals surface area contributed by atoms with Crippen molar-refractivity contribution in [2.75, 3.05) is 0 Å². The van der Waals surface area contributed by atoms with Crippen LogP contribution in [0.3, 0.4) is 0 Å². The summed E-state index contributed by atoms with van der Waals surface area (Å²) < 4.78 is 2.46. The van der Waals surface area contributed by atoms with Crippen molar-refractivity contribution in [2.24, 2.45) is 10.2 Å². The molecule has 0 amide bonds. The number of non-ortho nitro benzene ring substituents is 1. The number of nitrogens with zero attached hydrogens (tertiary/aromatic N) is 4. The first-order chi connectivity index (χ1) is 15.6. The Morgan fingerprint density at radius 1 is 0.906 bits per heavy atom. The van der Waals surface area contributed by atoms with Crippen molar-refractivity contribution >= 4 is 37.8 Å². The van der Waals surface area contributed by atoms with E-state index in [2.05, 4.69) is 15.3 Å². The van der Waals surface area contributed by atoms with Crippen LogP contribution < -0.4 is 5.56 Å². The van der Waals surface area contributed by atoms with Crippen LogP contribution in [-0.4, -0.2) is 14.7 Å². The molecule has 156 valence electrons. The lowest BCUT2D eigenvalue weighted by Gasteiger charge is -2.01. The zero-order chi connectivity index (χ0) is 22.1. The number of fused-ring (bicyclic) bond motifs is 1. The minimum atomic E-state index is -0.469. The van der Waals surface area contributed by atoms with Crippen molar-refractivity contribution in [3.05, 3.63) is 105 Å². The van der Waals surface area contributed by atoms with Gasteiger partial charge in [0.15, 0.2) is 5.69 Å². The molecule has 0 atom stereocenters. The van der Waals surface area contributed by atoms with Crippen LogP contribution in [0, 0.1) is 10.1 Å². The molecule has 0 radical (unpaired) electrons. The molecule has 32 heavy (non-hydrogen) atoms. The average molecular weight is 441 g/mol. The van der Waals surface area contributed by atoms with Crippen molar-refractivity contribution in [1.82, 2.24) is 9.78 Å². The Kier molecular flexibility index (Phi) is 4.92. The molecule has 5 aromatic rings. The van der Waals surface area contributed by atoms with Gasteiger partial charge in [-0.15, -0.1) is 21.6 Å². The van der Waals surface area contributed by atoms with E-state index >= 15 is 0 Å². The van der Waals surface area contributed by atoms with Crippen LogP contribution in [-0.2, 0) is 0 Å². The number of thiophene rings is 1. The molecule has 0 saturated carbocycles. The number of H-pyrrole nitrogens is 1. The first kappa shape index (κ1) is 19.6. The smallest absolute Gasteiger partial charge is 0.288 e. The summed E-state index contributed by atoms with van der Waals surface area (Å²) in [6.07, 6.45) is 0. The highest BCUT2D eigenvalue weighted by Gasteiger charge is 2.18. The zero-order valence-electron chi connectivity index (χ0n) is 16.5. The molecular formula is C23H15N5O3S. The number of rotatable bonds is 5. The minimum Gasteiger partial charge on any atom is -0.288 e.